The molecule has 37 heavy (non-hydrogen) atoms. The highest BCUT2D eigenvalue weighted by Crippen LogP contribution is 2.42. The Hall–Kier alpha value is -3.80. The number of benzene rings is 2. The molecule has 2 aromatic carbocycles. The van der Waals surface area contributed by atoms with E-state index in [9.17, 15) is 18.9 Å². The topological polar surface area (TPSA) is 91.9 Å². The molecule has 2 aliphatic rings. The molecule has 12 heteroatoms. The molecule has 3 heterocycles. The zero-order valence-electron chi connectivity index (χ0n) is 20.0. The van der Waals surface area contributed by atoms with Crippen molar-refractivity contribution in [1.29, 1.82) is 0 Å². The maximum absolute atomic E-state index is 15.8. The quantitative estimate of drug-likeness (QED) is 0.318. The van der Waals surface area contributed by atoms with Gasteiger partial charge in [-0.2, -0.15) is 0 Å². The van der Waals surface area contributed by atoms with Crippen molar-refractivity contribution in [2.75, 3.05) is 31.7 Å². The zero-order chi connectivity index (χ0) is 26.2. The maximum Gasteiger partial charge on any atom is 0.414 e. The van der Waals surface area contributed by atoms with Gasteiger partial charge in [0.1, 0.15) is 30.2 Å². The molecular formula is C25H25F3N4O5. The molecule has 0 N–H and O–H groups in total. The second-order valence-corrected chi connectivity index (χ2v) is 9.07. The van der Waals surface area contributed by atoms with Crippen LogP contribution in [-0.2, 0) is 17.1 Å². The Balaban J connectivity index is 1.14. The van der Waals surface area contributed by atoms with Gasteiger partial charge in [-0.3, -0.25) is 4.57 Å². The molecule has 2 aliphatic heterocycles. The number of hydrogen-bond acceptors (Lipinski definition) is 7. The summed E-state index contributed by atoms with van der Waals surface area (Å²) in [4.78, 5) is 16.2. The van der Waals surface area contributed by atoms with Crippen LogP contribution in [0.1, 0.15) is 18.4 Å². The van der Waals surface area contributed by atoms with Gasteiger partial charge in [0.2, 0.25) is 5.85 Å². The summed E-state index contributed by atoms with van der Waals surface area (Å²) < 4.78 is 61.5. The highest BCUT2D eigenvalue weighted by molar-refractivity contribution is 5.49. The molecule has 2 atom stereocenters. The van der Waals surface area contributed by atoms with Crippen LogP contribution in [0, 0.1) is 27.7 Å². The number of imidazole rings is 1. The lowest BCUT2D eigenvalue weighted by Crippen LogP contribution is -2.42. The summed E-state index contributed by atoms with van der Waals surface area (Å²) in [5.74, 6) is -4.28. The molecule has 2 unspecified atom stereocenters. The average molecular weight is 518 g/mol. The monoisotopic (exact) mass is 518 g/mol. The number of rotatable bonds is 8. The third-order valence-electron chi connectivity index (χ3n) is 6.84. The molecule has 5 rings (SSSR count). The van der Waals surface area contributed by atoms with Gasteiger partial charge in [-0.1, -0.05) is 0 Å². The molecule has 1 aromatic heterocycles. The largest absolute Gasteiger partial charge is 0.490 e. The van der Waals surface area contributed by atoms with Gasteiger partial charge >= 0.3 is 11.8 Å². The van der Waals surface area contributed by atoms with E-state index in [0.717, 1.165) is 17.8 Å². The number of halogens is 3. The number of methoxy groups -OCH3 is 1. The molecule has 0 bridgehead atoms. The van der Waals surface area contributed by atoms with Crippen molar-refractivity contribution in [3.05, 3.63) is 76.0 Å². The van der Waals surface area contributed by atoms with E-state index in [2.05, 4.69) is 9.88 Å². The van der Waals surface area contributed by atoms with Gasteiger partial charge in [-0.15, -0.1) is 0 Å². The molecule has 0 radical (unpaired) electrons. The lowest BCUT2D eigenvalue weighted by Gasteiger charge is -2.40. The van der Waals surface area contributed by atoms with Gasteiger partial charge in [-0.05, 0) is 54.2 Å². The molecular weight excluding hydrogens is 493 g/mol. The molecule has 0 saturated carbocycles. The first-order valence-corrected chi connectivity index (χ1v) is 11.8. The average Bonchev–Trinajstić information content (AvgIpc) is 3.47. The molecule has 0 amide bonds. The van der Waals surface area contributed by atoms with Gasteiger partial charge in [0.15, 0.2) is 6.10 Å². The van der Waals surface area contributed by atoms with Crippen molar-refractivity contribution < 1.29 is 32.3 Å². The van der Waals surface area contributed by atoms with Crippen LogP contribution in [0.2, 0.25) is 0 Å². The van der Waals surface area contributed by atoms with E-state index < -0.39 is 28.3 Å². The molecule has 1 saturated heterocycles. The van der Waals surface area contributed by atoms with E-state index in [4.69, 9.17) is 14.2 Å². The van der Waals surface area contributed by atoms with E-state index in [1.165, 1.54) is 13.3 Å². The molecule has 9 nitrogen and oxygen atoms in total. The minimum atomic E-state index is -2.34. The molecule has 0 spiro atoms. The number of aromatic nitrogens is 2. The summed E-state index contributed by atoms with van der Waals surface area (Å²) >= 11 is 0. The first-order chi connectivity index (χ1) is 17.8. The van der Waals surface area contributed by atoms with Crippen LogP contribution in [0.15, 0.2) is 48.7 Å². The normalized spacial score (nSPS) is 19.2. The van der Waals surface area contributed by atoms with E-state index in [1.807, 2.05) is 24.3 Å². The van der Waals surface area contributed by atoms with Crippen LogP contribution in [0.5, 0.6) is 11.8 Å². The van der Waals surface area contributed by atoms with E-state index in [1.54, 1.807) is 4.57 Å². The van der Waals surface area contributed by atoms with Crippen LogP contribution in [-0.4, -0.2) is 47.4 Å². The highest BCUT2D eigenvalue weighted by Gasteiger charge is 2.44. The van der Waals surface area contributed by atoms with Crippen LogP contribution in [0.4, 0.5) is 24.7 Å². The van der Waals surface area contributed by atoms with Crippen molar-refractivity contribution in [2.24, 2.45) is 5.92 Å². The SMILES string of the molecule is COC(F)(c1ccc(F)cc1F)C1CCN(c2ccc(OCC3Cn4cc([N+](=O)[O-])nc4O3)cc2)CC1. The Kier molecular flexibility index (Phi) is 6.67. The Bertz CT molecular complexity index is 1260. The van der Waals surface area contributed by atoms with Gasteiger partial charge in [-0.25, -0.2) is 13.2 Å². The fourth-order valence-corrected chi connectivity index (χ4v) is 4.90. The summed E-state index contributed by atoms with van der Waals surface area (Å²) in [6.45, 7) is 1.73. The van der Waals surface area contributed by atoms with Crippen molar-refractivity contribution in [3.8, 4) is 11.8 Å². The number of fused-ring (bicyclic) bond motifs is 1. The number of nitro groups is 1. The minimum absolute atomic E-state index is 0.201. The second-order valence-electron chi connectivity index (χ2n) is 9.07. The lowest BCUT2D eigenvalue weighted by molar-refractivity contribution is -0.389. The zero-order valence-corrected chi connectivity index (χ0v) is 20.0. The second kappa shape index (κ2) is 9.92. The molecule has 196 valence electrons. The van der Waals surface area contributed by atoms with Crippen molar-refractivity contribution >= 4 is 11.5 Å². The van der Waals surface area contributed by atoms with Crippen LogP contribution < -0.4 is 14.4 Å². The number of anilines is 1. The van der Waals surface area contributed by atoms with Crippen molar-refractivity contribution in [1.82, 2.24) is 9.55 Å². The highest BCUT2D eigenvalue weighted by atomic mass is 19.2. The number of piperidine rings is 1. The Morgan fingerprint density at radius 2 is 1.92 bits per heavy atom. The smallest absolute Gasteiger partial charge is 0.414 e. The predicted molar refractivity (Wildman–Crippen MR) is 126 cm³/mol. The Labute approximate surface area is 210 Å². The van der Waals surface area contributed by atoms with Crippen LogP contribution >= 0.6 is 0 Å². The number of ether oxygens (including phenoxy) is 3. The van der Waals surface area contributed by atoms with Gasteiger partial charge < -0.3 is 29.2 Å². The van der Waals surface area contributed by atoms with Crippen LogP contribution in [0.3, 0.4) is 0 Å². The molecule has 1 fully saturated rings. The van der Waals surface area contributed by atoms with Crippen molar-refractivity contribution in [3.63, 3.8) is 0 Å². The van der Waals surface area contributed by atoms with E-state index in [0.29, 0.717) is 44.3 Å². The maximum atomic E-state index is 15.8. The minimum Gasteiger partial charge on any atom is -0.490 e. The fourth-order valence-electron chi connectivity index (χ4n) is 4.90. The summed E-state index contributed by atoms with van der Waals surface area (Å²) in [7, 11) is 1.20. The summed E-state index contributed by atoms with van der Waals surface area (Å²) in [5.41, 5.74) is 0.648. The number of hydrogen-bond donors (Lipinski definition) is 0. The first kappa shape index (κ1) is 24.9. The van der Waals surface area contributed by atoms with Gasteiger partial charge in [0.05, 0.1) is 12.1 Å². The summed E-state index contributed by atoms with van der Waals surface area (Å²) in [5, 5.41) is 10.8. The van der Waals surface area contributed by atoms with E-state index >= 15 is 4.39 Å². The third-order valence-corrected chi connectivity index (χ3v) is 6.84. The number of alkyl halides is 1. The molecule has 3 aromatic rings. The third kappa shape index (κ3) is 4.93. The predicted octanol–water partition coefficient (Wildman–Crippen LogP) is 4.59. The van der Waals surface area contributed by atoms with E-state index in [-0.39, 0.29) is 30.1 Å². The standard InChI is InChI=1S/C25H25F3N4O5/c1-35-25(28,21-7-2-17(26)12-22(21)27)16-8-10-30(11-9-16)18-3-5-19(6-4-18)36-15-20-13-31-14-23(32(33)34)29-24(31)37-20/h2-7,12,14,16,20H,8-11,13,15H2,1H3. The van der Waals surface area contributed by atoms with Gasteiger partial charge in [0.25, 0.3) is 0 Å². The summed E-state index contributed by atoms with van der Waals surface area (Å²) in [6.07, 6.45) is 1.87. The van der Waals surface area contributed by atoms with Crippen molar-refractivity contribution in [2.45, 2.75) is 31.3 Å². The molecule has 0 aliphatic carbocycles. The first-order valence-electron chi connectivity index (χ1n) is 11.8. The Morgan fingerprint density at radius 1 is 1.19 bits per heavy atom. The van der Waals surface area contributed by atoms with Crippen LogP contribution in [0.25, 0.3) is 0 Å². The Morgan fingerprint density at radius 3 is 2.54 bits per heavy atom. The lowest BCUT2D eigenvalue weighted by atomic mass is 9.84. The number of nitrogens with zero attached hydrogens (tertiary/aromatic N) is 4. The van der Waals surface area contributed by atoms with Gasteiger partial charge in [0, 0.05) is 42.9 Å². The fraction of sp³-hybridized carbons (Fsp3) is 0.400. The summed E-state index contributed by atoms with van der Waals surface area (Å²) in [6, 6.07) is 10.5.